The Morgan fingerprint density at radius 3 is 2.93 bits per heavy atom. The normalized spacial score (nSPS) is 12.7. The van der Waals surface area contributed by atoms with Crippen LogP contribution in [0.15, 0.2) is 29.8 Å². The first-order valence-corrected chi connectivity index (χ1v) is 5.16. The zero-order valence-corrected chi connectivity index (χ0v) is 8.53. The lowest BCUT2D eigenvalue weighted by molar-refractivity contribution is 0.218. The van der Waals surface area contributed by atoms with Crippen LogP contribution in [0, 0.1) is 6.92 Å². The highest BCUT2D eigenvalue weighted by Crippen LogP contribution is 2.23. The molecule has 0 aliphatic heterocycles. The third-order valence-electron chi connectivity index (χ3n) is 1.89. The molecule has 0 saturated heterocycles. The number of aliphatic hydroxyl groups excluding tert-OH is 1. The Hall–Kier alpha value is -1.26. The highest BCUT2D eigenvalue weighted by molar-refractivity contribution is 7.10. The third-order valence-corrected chi connectivity index (χ3v) is 2.82. The molecule has 0 radical (unpaired) electrons. The molecular weight excluding hydrogens is 196 g/mol. The largest absolute Gasteiger partial charge is 0.381 e. The van der Waals surface area contributed by atoms with Crippen LogP contribution < -0.4 is 0 Å². The fraction of sp³-hybridized carbons (Fsp3) is 0.200. The number of thiophene rings is 1. The van der Waals surface area contributed by atoms with Crippen molar-refractivity contribution in [1.82, 2.24) is 9.97 Å². The number of nitrogens with zero attached hydrogens (tertiary/aromatic N) is 2. The summed E-state index contributed by atoms with van der Waals surface area (Å²) in [6, 6.07) is 5.54. The van der Waals surface area contributed by atoms with Gasteiger partial charge in [0.05, 0.1) is 5.69 Å². The molecule has 2 aromatic rings. The predicted octanol–water partition coefficient (Wildman–Crippen LogP) is 1.93. The summed E-state index contributed by atoms with van der Waals surface area (Å²) in [6.45, 7) is 1.81. The van der Waals surface area contributed by atoms with Gasteiger partial charge in [-0.15, -0.1) is 11.3 Å². The fourth-order valence-corrected chi connectivity index (χ4v) is 1.94. The quantitative estimate of drug-likeness (QED) is 0.816. The maximum absolute atomic E-state index is 9.93. The number of aryl methyl sites for hydroxylation is 1. The van der Waals surface area contributed by atoms with Crippen LogP contribution in [0.3, 0.4) is 0 Å². The van der Waals surface area contributed by atoms with E-state index in [-0.39, 0.29) is 0 Å². The van der Waals surface area contributed by atoms with Crippen LogP contribution in [-0.2, 0) is 0 Å². The zero-order valence-electron chi connectivity index (χ0n) is 7.71. The molecule has 3 nitrogen and oxygen atoms in total. The second-order valence-corrected chi connectivity index (χ2v) is 3.93. The summed E-state index contributed by atoms with van der Waals surface area (Å²) in [4.78, 5) is 9.07. The maximum atomic E-state index is 9.93. The van der Waals surface area contributed by atoms with Crippen molar-refractivity contribution in [1.29, 1.82) is 0 Å². The van der Waals surface area contributed by atoms with Crippen molar-refractivity contribution < 1.29 is 5.11 Å². The Labute approximate surface area is 86.1 Å². The third kappa shape index (κ3) is 1.81. The summed E-state index contributed by atoms with van der Waals surface area (Å²) in [7, 11) is 0. The van der Waals surface area contributed by atoms with Gasteiger partial charge in [0.15, 0.2) is 0 Å². The van der Waals surface area contributed by atoms with Gasteiger partial charge < -0.3 is 5.11 Å². The topological polar surface area (TPSA) is 46.0 Å². The molecule has 0 aliphatic carbocycles. The van der Waals surface area contributed by atoms with E-state index in [0.29, 0.717) is 11.5 Å². The van der Waals surface area contributed by atoms with Crippen LogP contribution in [0.5, 0.6) is 0 Å². The molecule has 1 N–H and O–H groups in total. The standard InChI is InChI=1S/C10H10N2OS/c1-7-11-5-4-8(12-7)10(13)9-3-2-6-14-9/h2-6,10,13H,1H3. The molecule has 1 atom stereocenters. The van der Waals surface area contributed by atoms with E-state index in [1.807, 2.05) is 24.4 Å². The number of hydrogen-bond donors (Lipinski definition) is 1. The smallest absolute Gasteiger partial charge is 0.130 e. The summed E-state index contributed by atoms with van der Waals surface area (Å²) in [5, 5.41) is 11.9. The molecule has 0 bridgehead atoms. The van der Waals surface area contributed by atoms with Gasteiger partial charge in [-0.1, -0.05) is 6.07 Å². The molecule has 4 heteroatoms. The van der Waals surface area contributed by atoms with Crippen LogP contribution in [0.1, 0.15) is 22.5 Å². The summed E-state index contributed by atoms with van der Waals surface area (Å²) < 4.78 is 0. The number of aromatic nitrogens is 2. The average molecular weight is 206 g/mol. The molecule has 2 rings (SSSR count). The van der Waals surface area contributed by atoms with Crippen molar-refractivity contribution >= 4 is 11.3 Å². The lowest BCUT2D eigenvalue weighted by atomic mass is 10.2. The lowest BCUT2D eigenvalue weighted by Gasteiger charge is -2.07. The summed E-state index contributed by atoms with van der Waals surface area (Å²) in [5.74, 6) is 0.679. The minimum atomic E-state index is -0.628. The van der Waals surface area contributed by atoms with Crippen LogP contribution in [0.2, 0.25) is 0 Å². The van der Waals surface area contributed by atoms with E-state index in [0.717, 1.165) is 4.88 Å². The van der Waals surface area contributed by atoms with Gasteiger partial charge in [-0.3, -0.25) is 0 Å². The first-order chi connectivity index (χ1) is 6.77. The van der Waals surface area contributed by atoms with Crippen molar-refractivity contribution in [3.63, 3.8) is 0 Å². The molecule has 0 fully saturated rings. The zero-order chi connectivity index (χ0) is 9.97. The van der Waals surface area contributed by atoms with E-state index in [4.69, 9.17) is 0 Å². The van der Waals surface area contributed by atoms with Gasteiger partial charge in [0.1, 0.15) is 11.9 Å². The van der Waals surface area contributed by atoms with Crippen LogP contribution in [0.4, 0.5) is 0 Å². The van der Waals surface area contributed by atoms with Crippen molar-refractivity contribution in [2.75, 3.05) is 0 Å². The summed E-state index contributed by atoms with van der Waals surface area (Å²) in [6.07, 6.45) is 1.03. The number of rotatable bonds is 2. The Morgan fingerprint density at radius 2 is 2.29 bits per heavy atom. The van der Waals surface area contributed by atoms with E-state index < -0.39 is 6.10 Å². The first kappa shape index (κ1) is 9.30. The van der Waals surface area contributed by atoms with E-state index in [2.05, 4.69) is 9.97 Å². The van der Waals surface area contributed by atoms with E-state index >= 15 is 0 Å². The molecule has 14 heavy (non-hydrogen) atoms. The fourth-order valence-electron chi connectivity index (χ4n) is 1.22. The van der Waals surface area contributed by atoms with Crippen molar-refractivity contribution in [2.24, 2.45) is 0 Å². The molecule has 2 heterocycles. The Morgan fingerprint density at radius 1 is 1.43 bits per heavy atom. The van der Waals surface area contributed by atoms with E-state index in [1.165, 1.54) is 11.3 Å². The Kier molecular flexibility index (Phi) is 2.56. The van der Waals surface area contributed by atoms with E-state index in [9.17, 15) is 5.11 Å². The number of aliphatic hydroxyl groups is 1. The average Bonchev–Trinajstić information content (AvgIpc) is 2.69. The van der Waals surface area contributed by atoms with Gasteiger partial charge in [-0.05, 0) is 24.4 Å². The van der Waals surface area contributed by atoms with Crippen LogP contribution in [0.25, 0.3) is 0 Å². The van der Waals surface area contributed by atoms with Crippen molar-refractivity contribution in [3.05, 3.63) is 46.2 Å². The van der Waals surface area contributed by atoms with Gasteiger partial charge in [0.25, 0.3) is 0 Å². The Balaban J connectivity index is 2.32. The highest BCUT2D eigenvalue weighted by atomic mass is 32.1. The molecule has 0 spiro atoms. The molecule has 72 valence electrons. The van der Waals surface area contributed by atoms with Gasteiger partial charge in [-0.2, -0.15) is 0 Å². The second kappa shape index (κ2) is 3.86. The van der Waals surface area contributed by atoms with Gasteiger partial charge in [-0.25, -0.2) is 9.97 Å². The maximum Gasteiger partial charge on any atom is 0.130 e. The summed E-state index contributed by atoms with van der Waals surface area (Å²) >= 11 is 1.52. The molecule has 0 aromatic carbocycles. The van der Waals surface area contributed by atoms with E-state index in [1.54, 1.807) is 12.3 Å². The molecule has 2 aromatic heterocycles. The lowest BCUT2D eigenvalue weighted by Crippen LogP contribution is -2.02. The Bertz CT molecular complexity index is 414. The SMILES string of the molecule is Cc1nccc(C(O)c2cccs2)n1. The van der Waals surface area contributed by atoms with Crippen molar-refractivity contribution in [2.45, 2.75) is 13.0 Å². The van der Waals surface area contributed by atoms with Gasteiger partial charge >= 0.3 is 0 Å². The minimum absolute atomic E-state index is 0.628. The molecule has 0 saturated carbocycles. The van der Waals surface area contributed by atoms with Crippen LogP contribution in [-0.4, -0.2) is 15.1 Å². The highest BCUT2D eigenvalue weighted by Gasteiger charge is 2.12. The first-order valence-electron chi connectivity index (χ1n) is 4.28. The molecule has 0 amide bonds. The molecule has 1 unspecified atom stereocenters. The summed E-state index contributed by atoms with van der Waals surface area (Å²) in [5.41, 5.74) is 0.653. The van der Waals surface area contributed by atoms with Crippen molar-refractivity contribution in [3.8, 4) is 0 Å². The second-order valence-electron chi connectivity index (χ2n) is 2.95. The molecule has 0 aliphatic rings. The minimum Gasteiger partial charge on any atom is -0.381 e. The van der Waals surface area contributed by atoms with Gasteiger partial charge in [0.2, 0.25) is 0 Å². The monoisotopic (exact) mass is 206 g/mol. The molecular formula is C10H10N2OS. The van der Waals surface area contributed by atoms with Gasteiger partial charge in [0, 0.05) is 11.1 Å². The number of hydrogen-bond acceptors (Lipinski definition) is 4. The predicted molar refractivity (Wildman–Crippen MR) is 55.1 cm³/mol. The van der Waals surface area contributed by atoms with Crippen LogP contribution >= 0.6 is 11.3 Å².